The minimum atomic E-state index is -0.941. The van der Waals surface area contributed by atoms with Crippen molar-refractivity contribution in [3.8, 4) is 5.75 Å². The number of hydrogen-bond donors (Lipinski definition) is 1. The van der Waals surface area contributed by atoms with E-state index in [1.165, 1.54) is 0 Å². The van der Waals surface area contributed by atoms with Gasteiger partial charge in [0.2, 0.25) is 0 Å². The first kappa shape index (κ1) is 19.7. The predicted molar refractivity (Wildman–Crippen MR) is 108 cm³/mol. The van der Waals surface area contributed by atoms with E-state index in [0.29, 0.717) is 34.6 Å². The van der Waals surface area contributed by atoms with E-state index in [9.17, 15) is 14.7 Å². The van der Waals surface area contributed by atoms with Gasteiger partial charge in [0, 0.05) is 16.5 Å². The van der Waals surface area contributed by atoms with Crippen molar-refractivity contribution < 1.29 is 19.1 Å². The molecule has 1 heterocycles. The first-order valence-corrected chi connectivity index (χ1v) is 9.16. The highest BCUT2D eigenvalue weighted by Gasteiger charge is 2.30. The van der Waals surface area contributed by atoms with E-state index in [1.54, 1.807) is 32.9 Å². The molecule has 1 N–H and O–H groups in total. The Morgan fingerprint density at radius 2 is 1.75 bits per heavy atom. The van der Waals surface area contributed by atoms with Crippen LogP contribution in [-0.2, 0) is 16.8 Å². The topological polar surface area (TPSA) is 76.7 Å². The zero-order chi connectivity index (χ0) is 20.5. The summed E-state index contributed by atoms with van der Waals surface area (Å²) in [6.07, 6.45) is -0.133. The lowest BCUT2D eigenvalue weighted by atomic mass is 9.84. The van der Waals surface area contributed by atoms with Crippen LogP contribution in [0.2, 0.25) is 0 Å². The highest BCUT2D eigenvalue weighted by atomic mass is 16.5. The Morgan fingerprint density at radius 3 is 2.39 bits per heavy atom. The van der Waals surface area contributed by atoms with Gasteiger partial charge in [-0.2, -0.15) is 0 Å². The fourth-order valence-electron chi connectivity index (χ4n) is 3.46. The van der Waals surface area contributed by atoms with E-state index >= 15 is 0 Å². The quantitative estimate of drug-likeness (QED) is 0.668. The molecule has 0 atom stereocenters. The summed E-state index contributed by atoms with van der Waals surface area (Å²) < 4.78 is 12.1. The van der Waals surface area contributed by atoms with Crippen LogP contribution in [0.4, 0.5) is 0 Å². The monoisotopic (exact) mass is 380 g/mol. The molecule has 0 aliphatic carbocycles. The number of rotatable bonds is 6. The van der Waals surface area contributed by atoms with Gasteiger partial charge in [-0.1, -0.05) is 44.2 Å². The molecule has 1 aromatic heterocycles. The van der Waals surface area contributed by atoms with E-state index < -0.39 is 11.4 Å². The maximum absolute atomic E-state index is 12.9. The lowest BCUT2D eigenvalue weighted by Crippen LogP contribution is -2.25. The minimum Gasteiger partial charge on any atom is -0.488 e. The molecule has 0 bridgehead atoms. The smallest absolute Gasteiger partial charge is 0.304 e. The van der Waals surface area contributed by atoms with Crippen molar-refractivity contribution in [2.75, 3.05) is 0 Å². The summed E-state index contributed by atoms with van der Waals surface area (Å²) in [5.74, 6) is 0.0878. The molecule has 0 amide bonds. The lowest BCUT2D eigenvalue weighted by Gasteiger charge is -2.24. The van der Waals surface area contributed by atoms with E-state index in [-0.39, 0.29) is 11.8 Å². The zero-order valence-corrected chi connectivity index (χ0v) is 16.5. The molecule has 28 heavy (non-hydrogen) atoms. The number of aliphatic carboxylic acids is 1. The fraction of sp³-hybridized carbons (Fsp3) is 0.304. The van der Waals surface area contributed by atoms with Crippen LogP contribution in [-0.4, -0.2) is 11.1 Å². The third-order valence-electron chi connectivity index (χ3n) is 4.93. The summed E-state index contributed by atoms with van der Waals surface area (Å²) in [7, 11) is 0. The van der Waals surface area contributed by atoms with Crippen LogP contribution in [0.5, 0.6) is 5.75 Å². The molecule has 3 aromatic rings. The average Bonchev–Trinajstić information content (AvgIpc) is 2.64. The summed E-state index contributed by atoms with van der Waals surface area (Å²) in [6.45, 7) is 7.46. The average molecular weight is 380 g/mol. The highest BCUT2D eigenvalue weighted by molar-refractivity contribution is 5.83. The van der Waals surface area contributed by atoms with Crippen molar-refractivity contribution in [2.24, 2.45) is 0 Å². The zero-order valence-electron chi connectivity index (χ0n) is 16.5. The molecule has 3 rings (SSSR count). The normalized spacial score (nSPS) is 11.6. The summed E-state index contributed by atoms with van der Waals surface area (Å²) in [5.41, 5.74) is 1.68. The van der Waals surface area contributed by atoms with Crippen LogP contribution >= 0.6 is 0 Å². The number of aryl methyl sites for hydroxylation is 1. The number of benzene rings is 2. The fourth-order valence-corrected chi connectivity index (χ4v) is 3.46. The number of carboxylic acid groups (broad SMARTS) is 1. The largest absolute Gasteiger partial charge is 0.488 e. The third kappa shape index (κ3) is 3.79. The second kappa shape index (κ2) is 7.50. The van der Waals surface area contributed by atoms with Crippen molar-refractivity contribution in [1.29, 1.82) is 0 Å². The molecular weight excluding hydrogens is 356 g/mol. The summed E-state index contributed by atoms with van der Waals surface area (Å²) in [5, 5.41) is 9.69. The Balaban J connectivity index is 2.07. The number of fused-ring (bicyclic) bond motifs is 1. The Labute approximate surface area is 163 Å². The second-order valence-electron chi connectivity index (χ2n) is 7.68. The Morgan fingerprint density at radius 1 is 1.07 bits per heavy atom. The van der Waals surface area contributed by atoms with Crippen LogP contribution in [0.1, 0.15) is 42.7 Å². The van der Waals surface area contributed by atoms with Gasteiger partial charge in [0.1, 0.15) is 23.7 Å². The highest BCUT2D eigenvalue weighted by Crippen LogP contribution is 2.34. The number of ether oxygens (including phenoxy) is 1. The standard InChI is InChI=1S/C23H24O5/c1-14-18(27-13-16-8-6-5-7-9-16)11-10-17-20(26)15(2)22(28-21(14)17)23(3,4)12-19(24)25/h5-11H,12-13H2,1-4H3,(H,24,25). The molecule has 0 saturated heterocycles. The van der Waals surface area contributed by atoms with E-state index in [4.69, 9.17) is 9.15 Å². The summed E-state index contributed by atoms with van der Waals surface area (Å²) >= 11 is 0. The molecule has 5 heteroatoms. The molecule has 5 nitrogen and oxygen atoms in total. The Hall–Kier alpha value is -3.08. The molecule has 2 aromatic carbocycles. The molecule has 0 spiro atoms. The van der Waals surface area contributed by atoms with Gasteiger partial charge in [0.05, 0.1) is 11.8 Å². The van der Waals surface area contributed by atoms with E-state index in [1.807, 2.05) is 37.3 Å². The van der Waals surface area contributed by atoms with Crippen molar-refractivity contribution in [3.05, 3.63) is 75.1 Å². The van der Waals surface area contributed by atoms with Crippen molar-refractivity contribution in [3.63, 3.8) is 0 Å². The van der Waals surface area contributed by atoms with Gasteiger partial charge in [0.25, 0.3) is 0 Å². The Bertz CT molecular complexity index is 1080. The Kier molecular flexibility index (Phi) is 5.27. The summed E-state index contributed by atoms with van der Waals surface area (Å²) in [6, 6.07) is 13.3. The molecule has 0 aliphatic heterocycles. The molecule has 146 valence electrons. The number of hydrogen-bond acceptors (Lipinski definition) is 4. The molecule has 0 fully saturated rings. The van der Waals surface area contributed by atoms with Gasteiger partial charge in [-0.3, -0.25) is 9.59 Å². The number of carboxylic acids is 1. The molecule has 0 unspecified atom stereocenters. The maximum Gasteiger partial charge on any atom is 0.304 e. The molecule has 0 radical (unpaired) electrons. The molecule has 0 aliphatic rings. The SMILES string of the molecule is Cc1c(C(C)(C)CC(=O)O)oc2c(C)c(OCc3ccccc3)ccc2c1=O. The van der Waals surface area contributed by atoms with E-state index in [0.717, 1.165) is 11.1 Å². The van der Waals surface area contributed by atoms with Crippen LogP contribution in [0.25, 0.3) is 11.0 Å². The van der Waals surface area contributed by atoms with Crippen molar-refractivity contribution >= 4 is 16.9 Å². The van der Waals surface area contributed by atoms with Crippen LogP contribution in [0, 0.1) is 13.8 Å². The number of carbonyl (C=O) groups is 1. The molecule has 0 saturated carbocycles. The third-order valence-corrected chi connectivity index (χ3v) is 4.93. The van der Waals surface area contributed by atoms with Gasteiger partial charge >= 0.3 is 5.97 Å². The predicted octanol–water partition coefficient (Wildman–Crippen LogP) is 4.74. The van der Waals surface area contributed by atoms with Crippen LogP contribution in [0.3, 0.4) is 0 Å². The minimum absolute atomic E-state index is 0.133. The van der Waals surface area contributed by atoms with Crippen molar-refractivity contribution in [2.45, 2.75) is 46.1 Å². The van der Waals surface area contributed by atoms with Gasteiger partial charge < -0.3 is 14.3 Å². The first-order valence-electron chi connectivity index (χ1n) is 9.16. The second-order valence-corrected chi connectivity index (χ2v) is 7.68. The van der Waals surface area contributed by atoms with E-state index in [2.05, 4.69) is 0 Å². The lowest BCUT2D eigenvalue weighted by molar-refractivity contribution is -0.138. The first-order chi connectivity index (χ1) is 13.2. The molecular formula is C23H24O5. The van der Waals surface area contributed by atoms with Crippen molar-refractivity contribution in [1.82, 2.24) is 0 Å². The van der Waals surface area contributed by atoms with Crippen LogP contribution < -0.4 is 10.2 Å². The van der Waals surface area contributed by atoms with Gasteiger partial charge in [-0.25, -0.2) is 0 Å². The van der Waals surface area contributed by atoms with Gasteiger partial charge in [0.15, 0.2) is 5.43 Å². The maximum atomic E-state index is 12.9. The van der Waals surface area contributed by atoms with Crippen LogP contribution in [0.15, 0.2) is 51.7 Å². The van der Waals surface area contributed by atoms with Gasteiger partial charge in [-0.05, 0) is 31.5 Å². The summed E-state index contributed by atoms with van der Waals surface area (Å²) in [4.78, 5) is 24.1. The van der Waals surface area contributed by atoms with Gasteiger partial charge in [-0.15, -0.1) is 0 Å².